The first-order chi connectivity index (χ1) is 7.70. The molecule has 0 amide bonds. The Labute approximate surface area is 108 Å². The van der Waals surface area contributed by atoms with Gasteiger partial charge in [0.1, 0.15) is 6.07 Å². The molecule has 1 aromatic rings. The highest BCUT2D eigenvalue weighted by Gasteiger charge is 2.25. The zero-order valence-electron chi connectivity index (χ0n) is 8.94. The number of hydrogen-bond acceptors (Lipinski definition) is 3. The average molecular weight is 298 g/mol. The van der Waals surface area contributed by atoms with Crippen molar-refractivity contribution in [3.05, 3.63) is 28.2 Å². The summed E-state index contributed by atoms with van der Waals surface area (Å²) >= 11 is 5.23. The molecule has 2 nitrogen and oxygen atoms in total. The van der Waals surface area contributed by atoms with Gasteiger partial charge >= 0.3 is 0 Å². The second kappa shape index (κ2) is 5.22. The standard InChI is InChI=1S/C12H12BrNOS/c1-8-12(4-5-15-8)16-10-3-2-9(7-14)11(13)6-10/h2-3,6,8,12H,4-5H2,1H3. The van der Waals surface area contributed by atoms with Crippen LogP contribution in [0.1, 0.15) is 18.9 Å². The van der Waals surface area contributed by atoms with Gasteiger partial charge in [-0.15, -0.1) is 11.8 Å². The topological polar surface area (TPSA) is 33.0 Å². The minimum atomic E-state index is 0.319. The van der Waals surface area contributed by atoms with Gasteiger partial charge in [0, 0.05) is 21.2 Å². The molecule has 1 aliphatic rings. The smallest absolute Gasteiger partial charge is 0.100 e. The predicted molar refractivity (Wildman–Crippen MR) is 68.5 cm³/mol. The molecule has 0 bridgehead atoms. The van der Waals surface area contributed by atoms with Crippen LogP contribution in [0.2, 0.25) is 0 Å². The van der Waals surface area contributed by atoms with E-state index in [0.717, 1.165) is 17.5 Å². The number of thioether (sulfide) groups is 1. The molecule has 0 radical (unpaired) electrons. The average Bonchev–Trinajstić information content (AvgIpc) is 2.65. The van der Waals surface area contributed by atoms with Gasteiger partial charge in [0.05, 0.1) is 11.7 Å². The third-order valence-electron chi connectivity index (χ3n) is 2.66. The van der Waals surface area contributed by atoms with Gasteiger partial charge in [-0.2, -0.15) is 5.26 Å². The predicted octanol–water partition coefficient (Wildman–Crippen LogP) is 3.59. The Hall–Kier alpha value is -0.500. The molecule has 0 spiro atoms. The Balaban J connectivity index is 2.11. The first-order valence-electron chi connectivity index (χ1n) is 5.18. The Morgan fingerprint density at radius 3 is 2.94 bits per heavy atom. The normalized spacial score (nSPS) is 24.3. The Morgan fingerprint density at radius 2 is 2.38 bits per heavy atom. The van der Waals surface area contributed by atoms with Crippen LogP contribution in [-0.4, -0.2) is 18.0 Å². The van der Waals surface area contributed by atoms with E-state index in [9.17, 15) is 0 Å². The molecule has 2 atom stereocenters. The van der Waals surface area contributed by atoms with Crippen molar-refractivity contribution in [1.29, 1.82) is 5.26 Å². The molecule has 0 aromatic heterocycles. The molecular formula is C12H12BrNOS. The number of halogens is 1. The first-order valence-corrected chi connectivity index (χ1v) is 6.86. The second-order valence-corrected chi connectivity index (χ2v) is 5.94. The molecule has 1 aromatic carbocycles. The van der Waals surface area contributed by atoms with Crippen LogP contribution in [0.15, 0.2) is 27.6 Å². The fraction of sp³-hybridized carbons (Fsp3) is 0.417. The zero-order valence-corrected chi connectivity index (χ0v) is 11.3. The molecule has 0 saturated carbocycles. The molecule has 16 heavy (non-hydrogen) atoms. The maximum atomic E-state index is 8.83. The highest BCUT2D eigenvalue weighted by molar-refractivity contribution is 9.10. The van der Waals surface area contributed by atoms with E-state index in [0.29, 0.717) is 16.9 Å². The number of ether oxygens (including phenoxy) is 1. The molecule has 2 rings (SSSR count). The maximum absolute atomic E-state index is 8.83. The summed E-state index contributed by atoms with van der Waals surface area (Å²) in [7, 11) is 0. The largest absolute Gasteiger partial charge is 0.377 e. The molecule has 1 fully saturated rings. The summed E-state index contributed by atoms with van der Waals surface area (Å²) in [6, 6.07) is 8.01. The van der Waals surface area contributed by atoms with Gasteiger partial charge in [0.25, 0.3) is 0 Å². The van der Waals surface area contributed by atoms with Crippen LogP contribution < -0.4 is 0 Å². The molecular weight excluding hydrogens is 286 g/mol. The fourth-order valence-electron chi connectivity index (χ4n) is 1.70. The maximum Gasteiger partial charge on any atom is 0.100 e. The van der Waals surface area contributed by atoms with Crippen LogP contribution in [0, 0.1) is 11.3 Å². The van der Waals surface area contributed by atoms with E-state index in [1.807, 2.05) is 30.0 Å². The van der Waals surface area contributed by atoms with Crippen molar-refractivity contribution in [2.75, 3.05) is 6.61 Å². The molecule has 0 aliphatic carbocycles. The second-order valence-electron chi connectivity index (χ2n) is 3.77. The molecule has 1 aliphatic heterocycles. The van der Waals surface area contributed by atoms with E-state index in [1.54, 1.807) is 0 Å². The van der Waals surface area contributed by atoms with Crippen molar-refractivity contribution < 1.29 is 4.74 Å². The summed E-state index contributed by atoms with van der Waals surface area (Å²) < 4.78 is 6.40. The summed E-state index contributed by atoms with van der Waals surface area (Å²) in [5, 5.41) is 9.36. The van der Waals surface area contributed by atoms with E-state index in [1.165, 1.54) is 4.90 Å². The van der Waals surface area contributed by atoms with E-state index >= 15 is 0 Å². The number of nitrogens with zero attached hydrogens (tertiary/aromatic N) is 1. The molecule has 4 heteroatoms. The van der Waals surface area contributed by atoms with Crippen LogP contribution >= 0.6 is 27.7 Å². The Morgan fingerprint density at radius 1 is 1.56 bits per heavy atom. The summed E-state index contributed by atoms with van der Waals surface area (Å²) in [5.41, 5.74) is 0.681. The van der Waals surface area contributed by atoms with Gasteiger partial charge < -0.3 is 4.74 Å². The quantitative estimate of drug-likeness (QED) is 0.836. The third kappa shape index (κ3) is 2.60. The Bertz CT molecular complexity index is 430. The van der Waals surface area contributed by atoms with Crippen molar-refractivity contribution >= 4 is 27.7 Å². The zero-order chi connectivity index (χ0) is 11.5. The van der Waals surface area contributed by atoms with Gasteiger partial charge in [-0.3, -0.25) is 0 Å². The minimum Gasteiger partial charge on any atom is -0.377 e. The summed E-state index contributed by atoms with van der Waals surface area (Å²) in [4.78, 5) is 1.19. The van der Waals surface area contributed by atoms with Gasteiger partial charge in [0.2, 0.25) is 0 Å². The first kappa shape index (κ1) is 12.0. The van der Waals surface area contributed by atoms with Gasteiger partial charge in [-0.25, -0.2) is 0 Å². The number of rotatable bonds is 2. The highest BCUT2D eigenvalue weighted by Crippen LogP contribution is 2.34. The van der Waals surface area contributed by atoms with Gasteiger partial charge in [-0.05, 0) is 47.5 Å². The SMILES string of the molecule is CC1OCCC1Sc1ccc(C#N)c(Br)c1. The minimum absolute atomic E-state index is 0.319. The number of hydrogen-bond donors (Lipinski definition) is 0. The summed E-state index contributed by atoms with van der Waals surface area (Å²) in [6.45, 7) is 2.97. The molecule has 84 valence electrons. The lowest BCUT2D eigenvalue weighted by Crippen LogP contribution is -2.12. The van der Waals surface area contributed by atoms with Crippen molar-refractivity contribution in [1.82, 2.24) is 0 Å². The third-order valence-corrected chi connectivity index (χ3v) is 4.76. The van der Waals surface area contributed by atoms with E-state index in [2.05, 4.69) is 28.9 Å². The molecule has 1 heterocycles. The van der Waals surface area contributed by atoms with Crippen molar-refractivity contribution in [3.63, 3.8) is 0 Å². The van der Waals surface area contributed by atoms with E-state index in [-0.39, 0.29) is 0 Å². The lowest BCUT2D eigenvalue weighted by atomic mass is 10.2. The summed E-state index contributed by atoms with van der Waals surface area (Å²) in [5.74, 6) is 0. The van der Waals surface area contributed by atoms with Crippen molar-refractivity contribution in [3.8, 4) is 6.07 Å². The highest BCUT2D eigenvalue weighted by atomic mass is 79.9. The van der Waals surface area contributed by atoms with E-state index in [4.69, 9.17) is 10.00 Å². The Kier molecular flexibility index (Phi) is 3.91. The van der Waals surface area contributed by atoms with Crippen molar-refractivity contribution in [2.45, 2.75) is 29.6 Å². The monoisotopic (exact) mass is 297 g/mol. The van der Waals surface area contributed by atoms with Gasteiger partial charge in [-0.1, -0.05) is 0 Å². The molecule has 1 saturated heterocycles. The van der Waals surface area contributed by atoms with Gasteiger partial charge in [0.15, 0.2) is 0 Å². The van der Waals surface area contributed by atoms with Crippen LogP contribution in [0.25, 0.3) is 0 Å². The van der Waals surface area contributed by atoms with Crippen LogP contribution in [0.5, 0.6) is 0 Å². The number of benzene rings is 1. The fourth-order valence-corrected chi connectivity index (χ4v) is 3.49. The van der Waals surface area contributed by atoms with Crippen LogP contribution in [-0.2, 0) is 4.74 Å². The molecule has 2 unspecified atom stereocenters. The lowest BCUT2D eigenvalue weighted by molar-refractivity contribution is 0.127. The molecule has 0 N–H and O–H groups in total. The van der Waals surface area contributed by atoms with E-state index < -0.39 is 0 Å². The lowest BCUT2D eigenvalue weighted by Gasteiger charge is -2.13. The van der Waals surface area contributed by atoms with Crippen molar-refractivity contribution in [2.24, 2.45) is 0 Å². The van der Waals surface area contributed by atoms with Crippen LogP contribution in [0.3, 0.4) is 0 Å². The van der Waals surface area contributed by atoms with Crippen LogP contribution in [0.4, 0.5) is 0 Å². The number of nitriles is 1. The summed E-state index contributed by atoms with van der Waals surface area (Å²) in [6.07, 6.45) is 1.42.